The van der Waals surface area contributed by atoms with Crippen molar-refractivity contribution in [2.75, 3.05) is 5.32 Å². The van der Waals surface area contributed by atoms with E-state index < -0.39 is 0 Å². The van der Waals surface area contributed by atoms with Gasteiger partial charge in [-0.3, -0.25) is 10.1 Å². The highest BCUT2D eigenvalue weighted by molar-refractivity contribution is 6.00. The Bertz CT molecular complexity index is 1150. The number of nitrogens with one attached hydrogen (secondary N) is 2. The number of halogens is 1. The normalized spacial score (nSPS) is 12.5. The fraction of sp³-hybridized carbons (Fsp3) is 0.0526. The molecule has 2 aromatic heterocycles. The van der Waals surface area contributed by atoms with Gasteiger partial charge in [-0.25, -0.2) is 14.4 Å². The molecular weight excluding hydrogens is 331 g/mol. The van der Waals surface area contributed by atoms with E-state index in [4.69, 9.17) is 0 Å². The first-order valence-electron chi connectivity index (χ1n) is 8.13. The molecule has 126 valence electrons. The molecular formula is C19H13FN6. The highest BCUT2D eigenvalue weighted by Crippen LogP contribution is 2.32. The lowest BCUT2D eigenvalue weighted by atomic mass is 10.1. The van der Waals surface area contributed by atoms with Crippen LogP contribution in [0.25, 0.3) is 22.3 Å². The largest absolute Gasteiger partial charge is 0.337 e. The summed E-state index contributed by atoms with van der Waals surface area (Å²) in [4.78, 5) is 12.7. The fourth-order valence-corrected chi connectivity index (χ4v) is 3.12. The fourth-order valence-electron chi connectivity index (χ4n) is 3.12. The summed E-state index contributed by atoms with van der Waals surface area (Å²) in [7, 11) is 0. The van der Waals surface area contributed by atoms with Crippen molar-refractivity contribution in [2.45, 2.75) is 6.54 Å². The molecule has 7 heteroatoms. The summed E-state index contributed by atoms with van der Waals surface area (Å²) in [6.07, 6.45) is 3.16. The van der Waals surface area contributed by atoms with Crippen LogP contribution in [-0.2, 0) is 6.54 Å². The maximum absolute atomic E-state index is 14.5. The Morgan fingerprint density at radius 1 is 1.08 bits per heavy atom. The van der Waals surface area contributed by atoms with E-state index in [0.29, 0.717) is 29.1 Å². The van der Waals surface area contributed by atoms with Crippen LogP contribution in [0.3, 0.4) is 0 Å². The van der Waals surface area contributed by atoms with Crippen molar-refractivity contribution in [3.8, 4) is 11.3 Å². The standard InChI is InChI=1S/C19H13FN6/c20-14-6-12-8-21-9-13(12)7-15(14)24-18-16-17(11-4-2-1-3-5-11)25-26-19(16)23-10-22-18/h1-7,9-10H,8H2,(H2,22,23,24,25,26). The van der Waals surface area contributed by atoms with Crippen LogP contribution in [0.4, 0.5) is 15.9 Å². The number of rotatable bonds is 3. The van der Waals surface area contributed by atoms with Gasteiger partial charge in [0.25, 0.3) is 0 Å². The van der Waals surface area contributed by atoms with Gasteiger partial charge in [-0.05, 0) is 23.3 Å². The molecule has 0 saturated carbocycles. The molecule has 4 aromatic rings. The third-order valence-corrected chi connectivity index (χ3v) is 4.39. The zero-order valence-corrected chi connectivity index (χ0v) is 13.6. The van der Waals surface area contributed by atoms with Crippen molar-refractivity contribution >= 4 is 28.8 Å². The summed E-state index contributed by atoms with van der Waals surface area (Å²) in [6, 6.07) is 13.0. The number of aromatic amines is 1. The zero-order chi connectivity index (χ0) is 17.5. The molecule has 0 saturated heterocycles. The number of aliphatic imine (C=N–C) groups is 1. The predicted molar refractivity (Wildman–Crippen MR) is 98.1 cm³/mol. The third kappa shape index (κ3) is 2.33. The second-order valence-corrected chi connectivity index (χ2v) is 6.01. The molecule has 2 aromatic carbocycles. The summed E-state index contributed by atoms with van der Waals surface area (Å²) < 4.78 is 14.5. The van der Waals surface area contributed by atoms with E-state index in [-0.39, 0.29) is 5.82 Å². The van der Waals surface area contributed by atoms with Crippen molar-refractivity contribution < 1.29 is 4.39 Å². The average Bonchev–Trinajstić information content (AvgIpc) is 3.30. The third-order valence-electron chi connectivity index (χ3n) is 4.39. The van der Waals surface area contributed by atoms with E-state index in [1.54, 1.807) is 12.3 Å². The van der Waals surface area contributed by atoms with Gasteiger partial charge in [0.15, 0.2) is 5.65 Å². The smallest absolute Gasteiger partial charge is 0.186 e. The van der Waals surface area contributed by atoms with Crippen LogP contribution >= 0.6 is 0 Å². The Morgan fingerprint density at radius 3 is 2.85 bits per heavy atom. The van der Waals surface area contributed by atoms with Crippen LogP contribution < -0.4 is 5.32 Å². The SMILES string of the molecule is Fc1cc2c(cc1Nc1ncnc3n[nH]c(-c4ccccc4)c13)C=NC2. The second-order valence-electron chi connectivity index (χ2n) is 6.01. The Balaban J connectivity index is 1.64. The van der Waals surface area contributed by atoms with Gasteiger partial charge in [-0.2, -0.15) is 5.10 Å². The number of H-pyrrole nitrogens is 1. The molecule has 6 nitrogen and oxygen atoms in total. The number of hydrogen-bond donors (Lipinski definition) is 2. The summed E-state index contributed by atoms with van der Waals surface area (Å²) in [5.41, 5.74) is 4.40. The van der Waals surface area contributed by atoms with E-state index in [1.165, 1.54) is 12.4 Å². The van der Waals surface area contributed by atoms with Gasteiger partial charge in [0.1, 0.15) is 18.0 Å². The monoisotopic (exact) mass is 344 g/mol. The van der Waals surface area contributed by atoms with Gasteiger partial charge in [0, 0.05) is 11.8 Å². The van der Waals surface area contributed by atoms with Gasteiger partial charge in [-0.1, -0.05) is 30.3 Å². The van der Waals surface area contributed by atoms with E-state index in [0.717, 1.165) is 22.4 Å². The van der Waals surface area contributed by atoms with Crippen LogP contribution in [-0.4, -0.2) is 26.4 Å². The number of fused-ring (bicyclic) bond motifs is 2. The lowest BCUT2D eigenvalue weighted by Crippen LogP contribution is -2.00. The predicted octanol–water partition coefficient (Wildman–Crippen LogP) is 3.84. The Labute approximate surface area is 147 Å². The lowest BCUT2D eigenvalue weighted by molar-refractivity contribution is 0.630. The maximum atomic E-state index is 14.5. The van der Waals surface area contributed by atoms with Gasteiger partial charge < -0.3 is 5.32 Å². The average molecular weight is 344 g/mol. The number of anilines is 2. The number of hydrogen-bond acceptors (Lipinski definition) is 5. The van der Waals surface area contributed by atoms with Crippen molar-refractivity contribution in [3.05, 3.63) is 65.7 Å². The molecule has 1 aliphatic rings. The molecule has 2 N–H and O–H groups in total. The number of aromatic nitrogens is 4. The highest BCUT2D eigenvalue weighted by atomic mass is 19.1. The minimum absolute atomic E-state index is 0.342. The van der Waals surface area contributed by atoms with Crippen LogP contribution in [0, 0.1) is 5.82 Å². The molecule has 0 amide bonds. The minimum Gasteiger partial charge on any atom is -0.337 e. The zero-order valence-electron chi connectivity index (χ0n) is 13.6. The van der Waals surface area contributed by atoms with Crippen LogP contribution in [0.1, 0.15) is 11.1 Å². The van der Waals surface area contributed by atoms with Crippen molar-refractivity contribution in [3.63, 3.8) is 0 Å². The Hall–Kier alpha value is -3.61. The van der Waals surface area contributed by atoms with E-state index in [1.807, 2.05) is 30.3 Å². The van der Waals surface area contributed by atoms with Crippen molar-refractivity contribution in [2.24, 2.45) is 4.99 Å². The van der Waals surface area contributed by atoms with Crippen molar-refractivity contribution in [1.29, 1.82) is 0 Å². The molecule has 3 heterocycles. The lowest BCUT2D eigenvalue weighted by Gasteiger charge is -2.10. The first-order valence-corrected chi connectivity index (χ1v) is 8.13. The van der Waals surface area contributed by atoms with Crippen LogP contribution in [0.2, 0.25) is 0 Å². The molecule has 0 spiro atoms. The number of nitrogens with zero attached hydrogens (tertiary/aromatic N) is 4. The summed E-state index contributed by atoms with van der Waals surface area (Å²) in [6.45, 7) is 0.518. The molecule has 26 heavy (non-hydrogen) atoms. The molecule has 0 fully saturated rings. The molecule has 0 unspecified atom stereocenters. The highest BCUT2D eigenvalue weighted by Gasteiger charge is 2.17. The van der Waals surface area contributed by atoms with E-state index in [9.17, 15) is 4.39 Å². The molecule has 0 aliphatic carbocycles. The Kier molecular flexibility index (Phi) is 3.24. The molecule has 1 aliphatic heterocycles. The quantitative estimate of drug-likeness (QED) is 0.592. The van der Waals surface area contributed by atoms with Gasteiger partial charge in [0.05, 0.1) is 23.3 Å². The molecule has 5 rings (SSSR count). The van der Waals surface area contributed by atoms with E-state index in [2.05, 4.69) is 30.5 Å². The van der Waals surface area contributed by atoms with Gasteiger partial charge >= 0.3 is 0 Å². The number of benzene rings is 2. The summed E-state index contributed by atoms with van der Waals surface area (Å²) >= 11 is 0. The second kappa shape index (κ2) is 5.73. The summed E-state index contributed by atoms with van der Waals surface area (Å²) in [5, 5.41) is 11.1. The maximum Gasteiger partial charge on any atom is 0.186 e. The Morgan fingerprint density at radius 2 is 1.96 bits per heavy atom. The minimum atomic E-state index is -0.342. The van der Waals surface area contributed by atoms with Gasteiger partial charge in [0.2, 0.25) is 0 Å². The molecule has 0 atom stereocenters. The first-order chi connectivity index (χ1) is 12.8. The van der Waals surface area contributed by atoms with E-state index >= 15 is 0 Å². The van der Waals surface area contributed by atoms with Crippen LogP contribution in [0.5, 0.6) is 0 Å². The van der Waals surface area contributed by atoms with Crippen molar-refractivity contribution in [1.82, 2.24) is 20.2 Å². The van der Waals surface area contributed by atoms with Gasteiger partial charge in [-0.15, -0.1) is 0 Å². The first kappa shape index (κ1) is 14.7. The molecule has 0 bridgehead atoms. The topological polar surface area (TPSA) is 78.9 Å². The molecule has 0 radical (unpaired) electrons. The summed E-state index contributed by atoms with van der Waals surface area (Å²) in [5.74, 6) is 0.155. The van der Waals surface area contributed by atoms with Crippen LogP contribution in [0.15, 0.2) is 53.8 Å².